The molecule has 0 aromatic heterocycles. The Balaban J connectivity index is 4.20. The summed E-state index contributed by atoms with van der Waals surface area (Å²) >= 11 is 0. The fourth-order valence-corrected chi connectivity index (χ4v) is 0.818. The maximum absolute atomic E-state index is 10.6. The predicted molar refractivity (Wildman–Crippen MR) is 68.1 cm³/mol. The zero-order chi connectivity index (χ0) is 12.2. The Morgan fingerprint density at radius 2 is 1.50 bits per heavy atom. The highest BCUT2D eigenvalue weighted by Gasteiger charge is 1.97. The van der Waals surface area contributed by atoms with Gasteiger partial charge in [-0.05, 0) is 13.0 Å². The number of hydrogen-bond acceptors (Lipinski definition) is 1. The molecule has 0 saturated carbocycles. The second-order valence-electron chi connectivity index (χ2n) is 2.81. The molecule has 0 unspecified atom stereocenters. The topological polar surface area (TPSA) is 37.3 Å². The lowest BCUT2D eigenvalue weighted by Gasteiger charge is -1.88. The number of hydrogen-bond donors (Lipinski definition) is 1. The summed E-state index contributed by atoms with van der Waals surface area (Å²) in [5.41, 5.74) is 0.175. The lowest BCUT2D eigenvalue weighted by molar-refractivity contribution is -0.132. The van der Waals surface area contributed by atoms with Crippen molar-refractivity contribution in [3.8, 4) is 0 Å². The zero-order valence-corrected chi connectivity index (χ0v) is 9.34. The number of carboxylic acid groups (broad SMARTS) is 1. The minimum absolute atomic E-state index is 0.175. The molecule has 0 atom stereocenters. The molecule has 16 heavy (non-hydrogen) atoms. The van der Waals surface area contributed by atoms with Crippen LogP contribution in [-0.2, 0) is 4.79 Å². The van der Waals surface area contributed by atoms with Gasteiger partial charge in [0.25, 0.3) is 0 Å². The van der Waals surface area contributed by atoms with Gasteiger partial charge in [-0.1, -0.05) is 61.3 Å². The van der Waals surface area contributed by atoms with Crippen LogP contribution in [0.25, 0.3) is 0 Å². The molecule has 0 aliphatic carbocycles. The molecular formula is C14H16O2. The molecule has 0 aliphatic heterocycles. The minimum atomic E-state index is -0.975. The van der Waals surface area contributed by atoms with Gasteiger partial charge in [-0.2, -0.15) is 0 Å². The van der Waals surface area contributed by atoms with Gasteiger partial charge in [-0.15, -0.1) is 0 Å². The standard InChI is InChI=1S/C14H16O2/c1-3-5-6-7-8-9-10-11-12-13(4-2)14(15)16/h3-12H,2H2,1H3,(H,15,16). The van der Waals surface area contributed by atoms with Crippen LogP contribution in [0.1, 0.15) is 6.92 Å². The van der Waals surface area contributed by atoms with Crippen LogP contribution in [0.2, 0.25) is 0 Å². The van der Waals surface area contributed by atoms with Gasteiger partial charge in [0.15, 0.2) is 0 Å². The normalized spacial score (nSPS) is 13.4. The Hall–Kier alpha value is -2.09. The van der Waals surface area contributed by atoms with Crippen LogP contribution in [0, 0.1) is 0 Å². The summed E-state index contributed by atoms with van der Waals surface area (Å²) in [6.07, 6.45) is 17.6. The van der Waals surface area contributed by atoms with Gasteiger partial charge < -0.3 is 5.11 Å². The lowest BCUT2D eigenvalue weighted by atomic mass is 10.2. The van der Waals surface area contributed by atoms with Crippen LogP contribution in [0.15, 0.2) is 72.9 Å². The number of allylic oxidation sites excluding steroid dienone is 9. The van der Waals surface area contributed by atoms with Crippen LogP contribution < -0.4 is 0 Å². The second kappa shape index (κ2) is 9.46. The third-order valence-electron chi connectivity index (χ3n) is 1.60. The van der Waals surface area contributed by atoms with Gasteiger partial charge in [-0.3, -0.25) is 0 Å². The molecule has 0 saturated heterocycles. The third-order valence-corrected chi connectivity index (χ3v) is 1.60. The molecule has 0 rings (SSSR count). The molecule has 2 nitrogen and oxygen atoms in total. The van der Waals surface area contributed by atoms with Crippen molar-refractivity contribution < 1.29 is 9.90 Å². The molecule has 0 aromatic carbocycles. The summed E-state index contributed by atoms with van der Waals surface area (Å²) in [4.78, 5) is 10.6. The second-order valence-corrected chi connectivity index (χ2v) is 2.81. The Morgan fingerprint density at radius 1 is 1.00 bits per heavy atom. The fourth-order valence-electron chi connectivity index (χ4n) is 0.818. The Labute approximate surface area is 96.3 Å². The molecule has 0 fully saturated rings. The average Bonchev–Trinajstić information content (AvgIpc) is 2.26. The molecule has 2 heteroatoms. The number of aliphatic carboxylic acids is 1. The monoisotopic (exact) mass is 216 g/mol. The number of rotatable bonds is 6. The van der Waals surface area contributed by atoms with Crippen molar-refractivity contribution in [2.24, 2.45) is 0 Å². The molecule has 0 aliphatic rings. The molecule has 0 aromatic rings. The van der Waals surface area contributed by atoms with Gasteiger partial charge in [0, 0.05) is 0 Å². The van der Waals surface area contributed by atoms with E-state index in [0.29, 0.717) is 0 Å². The first kappa shape index (κ1) is 13.9. The first-order chi connectivity index (χ1) is 7.72. The summed E-state index contributed by atoms with van der Waals surface area (Å²) in [6, 6.07) is 0. The lowest BCUT2D eigenvalue weighted by Crippen LogP contribution is -1.95. The molecule has 1 N–H and O–H groups in total. The van der Waals surface area contributed by atoms with E-state index in [0.717, 1.165) is 0 Å². The van der Waals surface area contributed by atoms with E-state index in [9.17, 15) is 4.79 Å². The van der Waals surface area contributed by atoms with Gasteiger partial charge >= 0.3 is 5.97 Å². The molecule has 0 spiro atoms. The summed E-state index contributed by atoms with van der Waals surface area (Å²) in [6.45, 7) is 5.36. The Kier molecular flexibility index (Phi) is 8.23. The van der Waals surface area contributed by atoms with Crippen molar-refractivity contribution in [3.05, 3.63) is 72.9 Å². The van der Waals surface area contributed by atoms with Crippen molar-refractivity contribution in [2.75, 3.05) is 0 Å². The molecular weight excluding hydrogens is 200 g/mol. The summed E-state index contributed by atoms with van der Waals surface area (Å²) in [7, 11) is 0. The van der Waals surface area contributed by atoms with Crippen LogP contribution in [0.5, 0.6) is 0 Å². The highest BCUT2D eigenvalue weighted by molar-refractivity contribution is 5.89. The Bertz CT molecular complexity index is 366. The number of carbonyl (C=O) groups is 1. The van der Waals surface area contributed by atoms with E-state index in [1.165, 1.54) is 12.2 Å². The largest absolute Gasteiger partial charge is 0.478 e. The van der Waals surface area contributed by atoms with Crippen molar-refractivity contribution in [2.45, 2.75) is 6.92 Å². The van der Waals surface area contributed by atoms with E-state index in [-0.39, 0.29) is 5.57 Å². The van der Waals surface area contributed by atoms with Gasteiger partial charge in [-0.25, -0.2) is 4.79 Å². The predicted octanol–water partition coefficient (Wildman–Crippen LogP) is 3.43. The van der Waals surface area contributed by atoms with Crippen molar-refractivity contribution >= 4 is 5.97 Å². The van der Waals surface area contributed by atoms with E-state index in [4.69, 9.17) is 5.11 Å². The third kappa shape index (κ3) is 7.33. The SMILES string of the molecule is C=CC(=CC=CC=CC=CC=CC)C(=O)O. The molecule has 0 radical (unpaired) electrons. The first-order valence-corrected chi connectivity index (χ1v) is 4.91. The van der Waals surface area contributed by atoms with Crippen molar-refractivity contribution in [1.29, 1.82) is 0 Å². The van der Waals surface area contributed by atoms with Crippen molar-refractivity contribution in [1.82, 2.24) is 0 Å². The Morgan fingerprint density at radius 3 is 1.94 bits per heavy atom. The smallest absolute Gasteiger partial charge is 0.335 e. The van der Waals surface area contributed by atoms with Gasteiger partial charge in [0.2, 0.25) is 0 Å². The summed E-state index contributed by atoms with van der Waals surface area (Å²) in [5.74, 6) is -0.975. The van der Waals surface area contributed by atoms with E-state index in [1.807, 2.05) is 43.4 Å². The average molecular weight is 216 g/mol. The van der Waals surface area contributed by atoms with Crippen LogP contribution in [-0.4, -0.2) is 11.1 Å². The number of carboxylic acids is 1. The van der Waals surface area contributed by atoms with Crippen LogP contribution in [0.4, 0.5) is 0 Å². The van der Waals surface area contributed by atoms with Crippen molar-refractivity contribution in [3.63, 3.8) is 0 Å². The molecule has 84 valence electrons. The van der Waals surface area contributed by atoms with E-state index in [2.05, 4.69) is 6.58 Å². The maximum Gasteiger partial charge on any atom is 0.335 e. The fraction of sp³-hybridized carbons (Fsp3) is 0.0714. The zero-order valence-electron chi connectivity index (χ0n) is 9.34. The first-order valence-electron chi connectivity index (χ1n) is 4.91. The van der Waals surface area contributed by atoms with E-state index in [1.54, 1.807) is 12.2 Å². The minimum Gasteiger partial charge on any atom is -0.478 e. The van der Waals surface area contributed by atoms with Gasteiger partial charge in [0.05, 0.1) is 5.57 Å². The molecule has 0 bridgehead atoms. The van der Waals surface area contributed by atoms with E-state index < -0.39 is 5.97 Å². The van der Waals surface area contributed by atoms with Gasteiger partial charge in [0.1, 0.15) is 0 Å². The summed E-state index contributed by atoms with van der Waals surface area (Å²) < 4.78 is 0. The van der Waals surface area contributed by atoms with Crippen LogP contribution >= 0.6 is 0 Å². The van der Waals surface area contributed by atoms with E-state index >= 15 is 0 Å². The van der Waals surface area contributed by atoms with Crippen LogP contribution in [0.3, 0.4) is 0 Å². The molecule has 0 heterocycles. The quantitative estimate of drug-likeness (QED) is 0.545. The maximum atomic E-state index is 10.6. The summed E-state index contributed by atoms with van der Waals surface area (Å²) in [5, 5.41) is 8.66. The highest BCUT2D eigenvalue weighted by Crippen LogP contribution is 1.96. The highest BCUT2D eigenvalue weighted by atomic mass is 16.4. The molecule has 0 amide bonds.